The zero-order valence-corrected chi connectivity index (χ0v) is 38.8. The molecule has 1 atom stereocenters. The van der Waals surface area contributed by atoms with E-state index >= 15 is 0 Å². The summed E-state index contributed by atoms with van der Waals surface area (Å²) in [6.45, 7) is 6.43. The minimum absolute atomic E-state index is 0.0729. The summed E-state index contributed by atoms with van der Waals surface area (Å²) in [4.78, 5) is 37.5. The smallest absolute Gasteiger partial charge is 0.306 e. The highest BCUT2D eigenvalue weighted by atomic mass is 16.6. The van der Waals surface area contributed by atoms with Crippen LogP contribution in [0, 0.1) is 0 Å². The molecule has 0 aliphatic heterocycles. The van der Waals surface area contributed by atoms with Crippen LogP contribution in [0.15, 0.2) is 60.8 Å². The second kappa shape index (κ2) is 47.8. The van der Waals surface area contributed by atoms with Crippen molar-refractivity contribution in [3.63, 3.8) is 0 Å². The summed E-state index contributed by atoms with van der Waals surface area (Å²) < 4.78 is 16.6. The lowest BCUT2D eigenvalue weighted by Crippen LogP contribution is -2.30. The van der Waals surface area contributed by atoms with Crippen LogP contribution in [0.3, 0.4) is 0 Å². The van der Waals surface area contributed by atoms with Crippen LogP contribution in [0.5, 0.6) is 0 Å². The van der Waals surface area contributed by atoms with Crippen molar-refractivity contribution in [1.29, 1.82) is 0 Å². The van der Waals surface area contributed by atoms with Gasteiger partial charge in [-0.15, -0.1) is 0 Å². The molecule has 59 heavy (non-hydrogen) atoms. The third kappa shape index (κ3) is 46.0. The highest BCUT2D eigenvalue weighted by Crippen LogP contribution is 2.15. The highest BCUT2D eigenvalue weighted by molar-refractivity contribution is 5.71. The summed E-state index contributed by atoms with van der Waals surface area (Å²) in [6.07, 6.45) is 58.2. The minimum Gasteiger partial charge on any atom is -0.462 e. The first-order valence-corrected chi connectivity index (χ1v) is 24.8. The van der Waals surface area contributed by atoms with Gasteiger partial charge in [0.15, 0.2) is 6.10 Å². The van der Waals surface area contributed by atoms with E-state index in [4.69, 9.17) is 14.2 Å². The number of unbranched alkanes of at least 4 members (excludes halogenated alkanes) is 23. The predicted molar refractivity (Wildman–Crippen MR) is 251 cm³/mol. The molecule has 0 aliphatic rings. The normalized spacial score (nSPS) is 12.5. The number of ether oxygens (including phenoxy) is 3. The zero-order valence-electron chi connectivity index (χ0n) is 38.8. The predicted octanol–water partition coefficient (Wildman–Crippen LogP) is 16.1. The van der Waals surface area contributed by atoms with Crippen molar-refractivity contribution in [3.8, 4) is 0 Å². The highest BCUT2D eigenvalue weighted by Gasteiger charge is 2.19. The fraction of sp³-hybridized carbons (Fsp3) is 0.755. The Morgan fingerprint density at radius 3 is 1.03 bits per heavy atom. The summed E-state index contributed by atoms with van der Waals surface area (Å²) in [7, 11) is 0. The molecular weight excluding hydrogens is 733 g/mol. The number of carbonyl (C=O) groups is 3. The number of rotatable bonds is 44. The van der Waals surface area contributed by atoms with Crippen LogP contribution >= 0.6 is 0 Å². The van der Waals surface area contributed by atoms with Crippen LogP contribution in [0.1, 0.15) is 239 Å². The Morgan fingerprint density at radius 1 is 0.356 bits per heavy atom. The molecule has 0 spiro atoms. The fourth-order valence-corrected chi connectivity index (χ4v) is 6.82. The van der Waals surface area contributed by atoms with Crippen molar-refractivity contribution in [3.05, 3.63) is 60.8 Å². The van der Waals surface area contributed by atoms with Crippen molar-refractivity contribution in [2.24, 2.45) is 0 Å². The lowest BCUT2D eigenvalue weighted by Gasteiger charge is -2.18. The summed E-state index contributed by atoms with van der Waals surface area (Å²) >= 11 is 0. The van der Waals surface area contributed by atoms with Crippen LogP contribution in [-0.4, -0.2) is 37.2 Å². The maximum Gasteiger partial charge on any atom is 0.306 e. The quantitative estimate of drug-likeness (QED) is 0.0263. The van der Waals surface area contributed by atoms with Gasteiger partial charge in [0.1, 0.15) is 13.2 Å². The summed E-state index contributed by atoms with van der Waals surface area (Å²) in [5.41, 5.74) is 0. The molecule has 0 N–H and O–H groups in total. The minimum atomic E-state index is -0.766. The molecule has 0 heterocycles. The van der Waals surface area contributed by atoms with E-state index in [1.54, 1.807) is 0 Å². The lowest BCUT2D eigenvalue weighted by molar-refractivity contribution is -0.167. The molecule has 0 saturated heterocycles. The van der Waals surface area contributed by atoms with Gasteiger partial charge in [-0.3, -0.25) is 14.4 Å². The Hall–Kier alpha value is -2.89. The van der Waals surface area contributed by atoms with Crippen LogP contribution in [0.4, 0.5) is 0 Å². The van der Waals surface area contributed by atoms with Gasteiger partial charge in [-0.05, 0) is 64.2 Å². The van der Waals surface area contributed by atoms with Crippen molar-refractivity contribution < 1.29 is 28.6 Å². The van der Waals surface area contributed by atoms with E-state index in [9.17, 15) is 14.4 Å². The van der Waals surface area contributed by atoms with Gasteiger partial charge in [0.2, 0.25) is 0 Å². The monoisotopic (exact) mass is 825 g/mol. The van der Waals surface area contributed by atoms with Gasteiger partial charge < -0.3 is 14.2 Å². The molecule has 0 aromatic rings. The van der Waals surface area contributed by atoms with Gasteiger partial charge in [-0.25, -0.2) is 0 Å². The third-order valence-corrected chi connectivity index (χ3v) is 10.5. The van der Waals surface area contributed by atoms with Gasteiger partial charge in [0, 0.05) is 19.3 Å². The molecule has 0 bridgehead atoms. The zero-order chi connectivity index (χ0) is 43.0. The molecular formula is C53H92O6. The molecule has 0 aromatic carbocycles. The second-order valence-electron chi connectivity index (χ2n) is 16.4. The van der Waals surface area contributed by atoms with Crippen molar-refractivity contribution in [2.45, 2.75) is 245 Å². The molecule has 0 rings (SSSR count). The number of allylic oxidation sites excluding steroid dienone is 10. The average molecular weight is 825 g/mol. The van der Waals surface area contributed by atoms with E-state index in [2.05, 4.69) is 81.5 Å². The largest absolute Gasteiger partial charge is 0.462 e. The molecule has 0 aliphatic carbocycles. The SMILES string of the molecule is CC/C=C\C/C=C\C/C=C\C/C=C\C/C=C\CCCCCCCCCCCCCC(=O)OCC(COC(=O)CCCCCCCCC)OC(=O)CCCCCCCCC. The number of hydrogen-bond acceptors (Lipinski definition) is 6. The van der Waals surface area contributed by atoms with Gasteiger partial charge in [0.05, 0.1) is 0 Å². The average Bonchev–Trinajstić information content (AvgIpc) is 3.23. The molecule has 0 saturated carbocycles. The Labute approximate surface area is 364 Å². The van der Waals surface area contributed by atoms with Gasteiger partial charge >= 0.3 is 17.9 Å². The van der Waals surface area contributed by atoms with Crippen molar-refractivity contribution in [2.75, 3.05) is 13.2 Å². The second-order valence-corrected chi connectivity index (χ2v) is 16.4. The van der Waals surface area contributed by atoms with E-state index in [-0.39, 0.29) is 31.1 Å². The Morgan fingerprint density at radius 2 is 0.661 bits per heavy atom. The molecule has 6 nitrogen and oxygen atoms in total. The number of carbonyl (C=O) groups excluding carboxylic acids is 3. The van der Waals surface area contributed by atoms with Crippen LogP contribution in [0.2, 0.25) is 0 Å². The fourth-order valence-electron chi connectivity index (χ4n) is 6.82. The van der Waals surface area contributed by atoms with Crippen molar-refractivity contribution in [1.82, 2.24) is 0 Å². The maximum atomic E-state index is 12.6. The van der Waals surface area contributed by atoms with E-state index < -0.39 is 6.10 Å². The van der Waals surface area contributed by atoms with E-state index in [0.717, 1.165) is 89.9 Å². The first-order valence-electron chi connectivity index (χ1n) is 24.8. The van der Waals surface area contributed by atoms with Crippen LogP contribution in [-0.2, 0) is 28.6 Å². The molecule has 0 aromatic heterocycles. The van der Waals surface area contributed by atoms with E-state index in [1.165, 1.54) is 109 Å². The molecule has 0 amide bonds. The molecule has 340 valence electrons. The molecule has 0 fully saturated rings. The Balaban J connectivity index is 4.01. The van der Waals surface area contributed by atoms with Gasteiger partial charge in [-0.2, -0.15) is 0 Å². The Bertz CT molecular complexity index is 1090. The van der Waals surface area contributed by atoms with E-state index in [1.807, 2.05) is 0 Å². The van der Waals surface area contributed by atoms with Crippen LogP contribution < -0.4 is 0 Å². The number of hydrogen-bond donors (Lipinski definition) is 0. The molecule has 0 radical (unpaired) electrons. The summed E-state index contributed by atoms with van der Waals surface area (Å²) in [5.74, 6) is -0.889. The van der Waals surface area contributed by atoms with E-state index in [0.29, 0.717) is 19.3 Å². The Kier molecular flexibility index (Phi) is 45.4. The first kappa shape index (κ1) is 56.1. The molecule has 6 heteroatoms. The third-order valence-electron chi connectivity index (χ3n) is 10.5. The lowest BCUT2D eigenvalue weighted by atomic mass is 10.0. The summed E-state index contributed by atoms with van der Waals surface area (Å²) in [5, 5.41) is 0. The first-order chi connectivity index (χ1) is 29.0. The van der Waals surface area contributed by atoms with Gasteiger partial charge in [0.25, 0.3) is 0 Å². The van der Waals surface area contributed by atoms with Crippen LogP contribution in [0.25, 0.3) is 0 Å². The van der Waals surface area contributed by atoms with Crippen molar-refractivity contribution >= 4 is 17.9 Å². The molecule has 1 unspecified atom stereocenters. The summed E-state index contributed by atoms with van der Waals surface area (Å²) in [6, 6.07) is 0. The number of esters is 3. The van der Waals surface area contributed by atoms with Gasteiger partial charge in [-0.1, -0.05) is 216 Å². The maximum absolute atomic E-state index is 12.6. The standard InChI is InChI=1S/C53H92O6/c1-4-7-10-13-16-17-18-19-20-21-22-23-24-25-26-27-28-29-30-31-32-33-34-35-38-40-43-46-52(55)58-49-50(59-53(56)47-44-41-37-15-12-9-6-3)48-57-51(54)45-42-39-36-14-11-8-5-2/h7,10,16-17,19-20,22-23,25-26,50H,4-6,8-9,11-15,18,21,24,27-49H2,1-3H3/b10-7-,17-16-,20-19-,23-22-,26-25-. The topological polar surface area (TPSA) is 78.9 Å².